The highest BCUT2D eigenvalue weighted by molar-refractivity contribution is 7.12. The Morgan fingerprint density at radius 1 is 1.39 bits per heavy atom. The van der Waals surface area contributed by atoms with E-state index in [-0.39, 0.29) is 5.69 Å². The zero-order valence-electron chi connectivity index (χ0n) is 8.94. The molecule has 0 radical (unpaired) electrons. The molecule has 0 atom stereocenters. The van der Waals surface area contributed by atoms with E-state index in [1.165, 1.54) is 16.7 Å². The van der Waals surface area contributed by atoms with Crippen LogP contribution in [0, 0.1) is 0 Å². The van der Waals surface area contributed by atoms with Crippen molar-refractivity contribution in [1.29, 1.82) is 0 Å². The number of carbonyl (C=O) groups is 1. The molecule has 0 aliphatic heterocycles. The van der Waals surface area contributed by atoms with Gasteiger partial charge in [-0.3, -0.25) is 4.79 Å². The minimum atomic E-state index is -4.42. The smallest absolute Gasteiger partial charge is 0.342 e. The third-order valence-electron chi connectivity index (χ3n) is 2.00. The minimum Gasteiger partial charge on any atom is -0.342 e. The fourth-order valence-electron chi connectivity index (χ4n) is 1.22. The lowest BCUT2D eigenvalue weighted by atomic mass is 10.4. The summed E-state index contributed by atoms with van der Waals surface area (Å²) in [7, 11) is 0. The quantitative estimate of drug-likeness (QED) is 0.933. The van der Waals surface area contributed by atoms with E-state index in [1.54, 1.807) is 34.4 Å². The Labute approximate surface area is 104 Å². The van der Waals surface area contributed by atoms with Crippen LogP contribution in [0.15, 0.2) is 29.9 Å². The molecule has 0 bridgehead atoms. The van der Waals surface area contributed by atoms with Gasteiger partial charge in [-0.25, -0.2) is 4.98 Å². The number of thiazole rings is 1. The van der Waals surface area contributed by atoms with Gasteiger partial charge < -0.3 is 9.88 Å². The van der Waals surface area contributed by atoms with Gasteiger partial charge in [-0.15, -0.1) is 11.3 Å². The predicted molar refractivity (Wildman–Crippen MR) is 59.8 cm³/mol. The van der Waals surface area contributed by atoms with Crippen molar-refractivity contribution in [3.05, 3.63) is 35.6 Å². The zero-order valence-corrected chi connectivity index (χ0v) is 9.76. The third kappa shape index (κ3) is 3.10. The SMILES string of the molecule is O=C(NCC(F)(F)F)c1csc(-n2cccc2)n1. The van der Waals surface area contributed by atoms with Crippen LogP contribution in [-0.4, -0.2) is 28.2 Å². The van der Waals surface area contributed by atoms with Gasteiger partial charge in [0.2, 0.25) is 0 Å². The number of nitrogens with one attached hydrogen (secondary N) is 1. The first-order valence-corrected chi connectivity index (χ1v) is 5.77. The molecule has 96 valence electrons. The summed E-state index contributed by atoms with van der Waals surface area (Å²) in [5.41, 5.74) is -0.0204. The molecule has 2 aromatic heterocycles. The van der Waals surface area contributed by atoms with E-state index < -0.39 is 18.6 Å². The maximum Gasteiger partial charge on any atom is 0.405 e. The number of amides is 1. The van der Waals surface area contributed by atoms with Crippen LogP contribution in [0.25, 0.3) is 5.13 Å². The fraction of sp³-hybridized carbons (Fsp3) is 0.200. The molecule has 0 fully saturated rings. The van der Waals surface area contributed by atoms with E-state index in [1.807, 2.05) is 0 Å². The zero-order chi connectivity index (χ0) is 13.2. The van der Waals surface area contributed by atoms with Crippen LogP contribution in [0.2, 0.25) is 0 Å². The first-order chi connectivity index (χ1) is 8.46. The van der Waals surface area contributed by atoms with Crippen molar-refractivity contribution in [3.8, 4) is 5.13 Å². The van der Waals surface area contributed by atoms with Crippen molar-refractivity contribution in [2.75, 3.05) is 6.54 Å². The molecule has 4 nitrogen and oxygen atoms in total. The second-order valence-electron chi connectivity index (χ2n) is 3.40. The third-order valence-corrected chi connectivity index (χ3v) is 2.85. The summed E-state index contributed by atoms with van der Waals surface area (Å²) in [6.07, 6.45) is -0.957. The van der Waals surface area contributed by atoms with Crippen molar-refractivity contribution in [1.82, 2.24) is 14.9 Å². The first kappa shape index (κ1) is 12.6. The van der Waals surface area contributed by atoms with E-state index in [2.05, 4.69) is 4.98 Å². The monoisotopic (exact) mass is 275 g/mol. The molecule has 0 saturated carbocycles. The summed E-state index contributed by atoms with van der Waals surface area (Å²) in [6, 6.07) is 3.57. The number of halogens is 3. The molecule has 0 spiro atoms. The summed E-state index contributed by atoms with van der Waals surface area (Å²) < 4.78 is 37.4. The maximum atomic E-state index is 11.9. The van der Waals surface area contributed by atoms with Crippen molar-refractivity contribution in [2.24, 2.45) is 0 Å². The highest BCUT2D eigenvalue weighted by Gasteiger charge is 2.28. The van der Waals surface area contributed by atoms with Crippen LogP contribution in [0.4, 0.5) is 13.2 Å². The second-order valence-corrected chi connectivity index (χ2v) is 4.24. The molecule has 0 aromatic carbocycles. The number of carbonyl (C=O) groups excluding carboxylic acids is 1. The Morgan fingerprint density at radius 3 is 2.67 bits per heavy atom. The summed E-state index contributed by atoms with van der Waals surface area (Å²) in [6.45, 7) is -1.36. The number of nitrogens with zero attached hydrogens (tertiary/aromatic N) is 2. The maximum absolute atomic E-state index is 11.9. The van der Waals surface area contributed by atoms with E-state index in [0.29, 0.717) is 5.13 Å². The molecule has 0 aliphatic carbocycles. The Bertz CT molecular complexity index is 533. The average Bonchev–Trinajstić information content (AvgIpc) is 2.94. The van der Waals surface area contributed by atoms with Gasteiger partial charge in [0.25, 0.3) is 5.91 Å². The number of hydrogen-bond donors (Lipinski definition) is 1. The Kier molecular flexibility index (Phi) is 3.37. The van der Waals surface area contributed by atoms with Crippen LogP contribution >= 0.6 is 11.3 Å². The fourth-order valence-corrected chi connectivity index (χ4v) is 1.99. The average molecular weight is 275 g/mol. The Morgan fingerprint density at radius 2 is 2.06 bits per heavy atom. The van der Waals surface area contributed by atoms with Crippen LogP contribution in [0.5, 0.6) is 0 Å². The topological polar surface area (TPSA) is 46.9 Å². The molecule has 2 aromatic rings. The van der Waals surface area contributed by atoms with Crippen LogP contribution in [0.1, 0.15) is 10.5 Å². The molecule has 1 N–H and O–H groups in total. The van der Waals surface area contributed by atoms with Gasteiger partial charge in [0.1, 0.15) is 12.2 Å². The molecule has 8 heteroatoms. The molecular weight excluding hydrogens is 267 g/mol. The van der Waals surface area contributed by atoms with Crippen molar-refractivity contribution in [3.63, 3.8) is 0 Å². The van der Waals surface area contributed by atoms with Crippen molar-refractivity contribution in [2.45, 2.75) is 6.18 Å². The summed E-state index contributed by atoms with van der Waals surface area (Å²) in [5, 5.41) is 3.71. The van der Waals surface area contributed by atoms with Crippen LogP contribution in [0.3, 0.4) is 0 Å². The number of rotatable bonds is 3. The summed E-state index contributed by atoms with van der Waals surface area (Å²) in [5.74, 6) is -0.831. The minimum absolute atomic E-state index is 0.0204. The van der Waals surface area contributed by atoms with Gasteiger partial charge in [-0.1, -0.05) is 0 Å². The molecule has 2 rings (SSSR count). The highest BCUT2D eigenvalue weighted by atomic mass is 32.1. The van der Waals surface area contributed by atoms with Gasteiger partial charge in [0.15, 0.2) is 5.13 Å². The van der Waals surface area contributed by atoms with E-state index in [9.17, 15) is 18.0 Å². The number of aromatic nitrogens is 2. The van der Waals surface area contributed by atoms with E-state index >= 15 is 0 Å². The second kappa shape index (κ2) is 4.81. The van der Waals surface area contributed by atoms with Crippen LogP contribution in [-0.2, 0) is 0 Å². The molecule has 0 unspecified atom stereocenters. The Balaban J connectivity index is 2.04. The molecule has 2 heterocycles. The highest BCUT2D eigenvalue weighted by Crippen LogP contribution is 2.16. The van der Waals surface area contributed by atoms with Crippen LogP contribution < -0.4 is 5.32 Å². The standard InChI is InChI=1S/C10H8F3N3OS/c11-10(12,13)6-14-8(17)7-5-18-9(15-7)16-3-1-2-4-16/h1-5H,6H2,(H,14,17). The molecular formula is C10H8F3N3OS. The van der Waals surface area contributed by atoms with E-state index in [4.69, 9.17) is 0 Å². The lowest BCUT2D eigenvalue weighted by Crippen LogP contribution is -2.33. The lowest BCUT2D eigenvalue weighted by Gasteiger charge is -2.06. The Hall–Kier alpha value is -1.83. The van der Waals surface area contributed by atoms with Crippen molar-refractivity contribution >= 4 is 17.2 Å². The summed E-state index contributed by atoms with van der Waals surface area (Å²) >= 11 is 1.18. The van der Waals surface area contributed by atoms with Gasteiger partial charge in [0, 0.05) is 17.8 Å². The normalized spacial score (nSPS) is 11.5. The van der Waals surface area contributed by atoms with Gasteiger partial charge in [0.05, 0.1) is 0 Å². The molecule has 0 saturated heterocycles. The predicted octanol–water partition coefficient (Wildman–Crippen LogP) is 2.23. The lowest BCUT2D eigenvalue weighted by molar-refractivity contribution is -0.123. The molecule has 0 aliphatic rings. The molecule has 18 heavy (non-hydrogen) atoms. The number of alkyl halides is 3. The first-order valence-electron chi connectivity index (χ1n) is 4.89. The largest absolute Gasteiger partial charge is 0.405 e. The van der Waals surface area contributed by atoms with Gasteiger partial charge >= 0.3 is 6.18 Å². The van der Waals surface area contributed by atoms with Gasteiger partial charge in [-0.05, 0) is 12.1 Å². The van der Waals surface area contributed by atoms with Crippen molar-refractivity contribution < 1.29 is 18.0 Å². The number of hydrogen-bond acceptors (Lipinski definition) is 3. The van der Waals surface area contributed by atoms with E-state index in [0.717, 1.165) is 0 Å². The summed E-state index contributed by atoms with van der Waals surface area (Å²) in [4.78, 5) is 15.4. The molecule has 1 amide bonds. The van der Waals surface area contributed by atoms with Gasteiger partial charge in [-0.2, -0.15) is 13.2 Å².